The highest BCUT2D eigenvalue weighted by atomic mass is 16.5. The first-order valence-corrected chi connectivity index (χ1v) is 6.28. The molecule has 0 fully saturated rings. The highest BCUT2D eigenvalue weighted by molar-refractivity contribution is 5.90. The molecule has 0 spiro atoms. The lowest BCUT2D eigenvalue weighted by molar-refractivity contribution is -0.116. The fourth-order valence-electron chi connectivity index (χ4n) is 1.55. The van der Waals surface area contributed by atoms with Gasteiger partial charge < -0.3 is 20.4 Å². The fraction of sp³-hybridized carbons (Fsp3) is 0.538. The van der Waals surface area contributed by atoms with Gasteiger partial charge in [0.15, 0.2) is 0 Å². The number of nitrogens with two attached hydrogens (primary N) is 1. The monoisotopic (exact) mass is 267 g/mol. The summed E-state index contributed by atoms with van der Waals surface area (Å²) in [6.45, 7) is 2.76. The van der Waals surface area contributed by atoms with Crippen LogP contribution in [0.25, 0.3) is 0 Å². The Labute approximate surface area is 112 Å². The van der Waals surface area contributed by atoms with Crippen LogP contribution in [-0.4, -0.2) is 30.2 Å². The molecule has 6 heteroatoms. The first kappa shape index (κ1) is 15.4. The fourth-order valence-corrected chi connectivity index (χ4v) is 1.55. The normalized spacial score (nSPS) is 12.2. The second-order valence-corrected chi connectivity index (χ2v) is 4.51. The molecule has 1 aromatic rings. The molecule has 0 aliphatic carbocycles. The minimum absolute atomic E-state index is 0.00130. The molecule has 3 N–H and O–H groups in total. The summed E-state index contributed by atoms with van der Waals surface area (Å²) in [7, 11) is 1.57. The van der Waals surface area contributed by atoms with E-state index in [9.17, 15) is 9.59 Å². The summed E-state index contributed by atoms with van der Waals surface area (Å²) in [4.78, 5) is 23.2. The van der Waals surface area contributed by atoms with Crippen molar-refractivity contribution in [2.24, 2.45) is 5.73 Å². The maximum absolute atomic E-state index is 11.6. The number of nitrogens with zero attached hydrogens (tertiary/aromatic N) is 1. The topological polar surface area (TPSA) is 86.3 Å². The number of aromatic nitrogens is 1. The molecule has 0 aromatic carbocycles. The number of methoxy groups -OCH3 is 1. The maximum atomic E-state index is 11.6. The Hall–Kier alpha value is -1.66. The molecule has 6 nitrogen and oxygen atoms in total. The molecule has 1 rings (SSSR count). The third-order valence-electron chi connectivity index (χ3n) is 2.63. The predicted molar refractivity (Wildman–Crippen MR) is 74.1 cm³/mol. The summed E-state index contributed by atoms with van der Waals surface area (Å²) >= 11 is 0. The van der Waals surface area contributed by atoms with E-state index in [1.54, 1.807) is 19.4 Å². The lowest BCUT2D eigenvalue weighted by Gasteiger charge is -2.10. The number of anilines is 1. The van der Waals surface area contributed by atoms with Crippen LogP contribution in [-0.2, 0) is 16.1 Å². The van der Waals surface area contributed by atoms with Crippen molar-refractivity contribution >= 4 is 11.6 Å². The van der Waals surface area contributed by atoms with E-state index in [0.29, 0.717) is 31.7 Å². The van der Waals surface area contributed by atoms with Gasteiger partial charge in [-0.05, 0) is 19.4 Å². The molecule has 0 radical (unpaired) electrons. The quantitative estimate of drug-likeness (QED) is 0.756. The van der Waals surface area contributed by atoms with Gasteiger partial charge in [-0.1, -0.05) is 0 Å². The van der Waals surface area contributed by atoms with E-state index in [-0.39, 0.29) is 17.5 Å². The maximum Gasteiger partial charge on any atom is 0.250 e. The van der Waals surface area contributed by atoms with Gasteiger partial charge in [0.25, 0.3) is 5.56 Å². The number of ether oxygens (including phenoxy) is 1. The van der Waals surface area contributed by atoms with E-state index in [1.807, 2.05) is 6.92 Å². The zero-order valence-corrected chi connectivity index (χ0v) is 11.4. The molecule has 0 bridgehead atoms. The molecule has 1 atom stereocenters. The Morgan fingerprint density at radius 2 is 2.26 bits per heavy atom. The highest BCUT2D eigenvalue weighted by Crippen LogP contribution is 2.05. The minimum atomic E-state index is -0.120. The van der Waals surface area contributed by atoms with Crippen molar-refractivity contribution in [3.05, 3.63) is 28.7 Å². The number of hydrogen-bond donors (Lipinski definition) is 2. The summed E-state index contributed by atoms with van der Waals surface area (Å²) in [6.07, 6.45) is 2.62. The number of carbonyl (C=O) groups is 1. The molecule has 1 unspecified atom stereocenters. The number of carbonyl (C=O) groups excluding carboxylic acids is 1. The third kappa shape index (κ3) is 5.67. The Kier molecular flexibility index (Phi) is 6.24. The van der Waals surface area contributed by atoms with Crippen molar-refractivity contribution < 1.29 is 9.53 Å². The average molecular weight is 267 g/mol. The van der Waals surface area contributed by atoms with Crippen LogP contribution in [0.2, 0.25) is 0 Å². The number of nitrogens with one attached hydrogen (secondary N) is 1. The van der Waals surface area contributed by atoms with Gasteiger partial charge in [0, 0.05) is 38.4 Å². The van der Waals surface area contributed by atoms with Crippen molar-refractivity contribution in [3.8, 4) is 0 Å². The van der Waals surface area contributed by atoms with Gasteiger partial charge in [-0.2, -0.15) is 0 Å². The number of hydrogen-bond acceptors (Lipinski definition) is 4. The van der Waals surface area contributed by atoms with Gasteiger partial charge >= 0.3 is 0 Å². The molecule has 1 heterocycles. The number of pyridine rings is 1. The third-order valence-corrected chi connectivity index (χ3v) is 2.63. The summed E-state index contributed by atoms with van der Waals surface area (Å²) in [6, 6.07) is 3.02. The minimum Gasteiger partial charge on any atom is -0.383 e. The largest absolute Gasteiger partial charge is 0.383 e. The van der Waals surface area contributed by atoms with Gasteiger partial charge in [0.2, 0.25) is 5.91 Å². The standard InChI is InChI=1S/C13H21N3O3/c1-10(14)3-5-12(17)15-11-4-6-13(18)16(9-11)7-8-19-2/h4,6,9-10H,3,5,7-8,14H2,1-2H3,(H,15,17). The van der Waals surface area contributed by atoms with Crippen molar-refractivity contribution in [2.45, 2.75) is 32.4 Å². The van der Waals surface area contributed by atoms with Gasteiger partial charge in [0.1, 0.15) is 0 Å². The molecular formula is C13H21N3O3. The summed E-state index contributed by atoms with van der Waals surface area (Å²) in [5, 5.41) is 2.75. The second kappa shape index (κ2) is 7.70. The van der Waals surface area contributed by atoms with Crippen LogP contribution in [0.5, 0.6) is 0 Å². The zero-order valence-electron chi connectivity index (χ0n) is 11.4. The van der Waals surface area contributed by atoms with Crippen LogP contribution in [0.3, 0.4) is 0 Å². The SMILES string of the molecule is COCCn1cc(NC(=O)CCC(C)N)ccc1=O. The van der Waals surface area contributed by atoms with E-state index in [4.69, 9.17) is 10.5 Å². The molecular weight excluding hydrogens is 246 g/mol. The summed E-state index contributed by atoms with van der Waals surface area (Å²) in [5.74, 6) is -0.103. The molecule has 1 amide bonds. The van der Waals surface area contributed by atoms with E-state index < -0.39 is 0 Å². The molecule has 106 valence electrons. The molecule has 0 saturated carbocycles. The molecule has 1 aromatic heterocycles. The molecule has 19 heavy (non-hydrogen) atoms. The van der Waals surface area contributed by atoms with E-state index in [2.05, 4.69) is 5.32 Å². The molecule has 0 aliphatic rings. The number of amides is 1. The molecule has 0 aliphatic heterocycles. The van der Waals surface area contributed by atoms with Crippen LogP contribution < -0.4 is 16.6 Å². The van der Waals surface area contributed by atoms with Gasteiger partial charge in [0.05, 0.1) is 12.3 Å². The van der Waals surface area contributed by atoms with Crippen LogP contribution in [0.4, 0.5) is 5.69 Å². The van der Waals surface area contributed by atoms with Gasteiger partial charge in [-0.15, -0.1) is 0 Å². The van der Waals surface area contributed by atoms with E-state index in [0.717, 1.165) is 0 Å². The van der Waals surface area contributed by atoms with Crippen LogP contribution in [0.1, 0.15) is 19.8 Å². The average Bonchev–Trinajstić information content (AvgIpc) is 2.37. The van der Waals surface area contributed by atoms with Gasteiger partial charge in [-0.25, -0.2) is 0 Å². The Balaban J connectivity index is 2.63. The van der Waals surface area contributed by atoms with Crippen LogP contribution in [0, 0.1) is 0 Å². The number of rotatable bonds is 7. The van der Waals surface area contributed by atoms with Gasteiger partial charge in [-0.3, -0.25) is 9.59 Å². The zero-order chi connectivity index (χ0) is 14.3. The van der Waals surface area contributed by atoms with E-state index in [1.165, 1.54) is 10.6 Å². The highest BCUT2D eigenvalue weighted by Gasteiger charge is 2.05. The summed E-state index contributed by atoms with van der Waals surface area (Å²) < 4.78 is 6.43. The lowest BCUT2D eigenvalue weighted by Crippen LogP contribution is -2.23. The Morgan fingerprint density at radius 3 is 2.89 bits per heavy atom. The predicted octanol–water partition coefficient (Wildman–Crippen LogP) is 0.561. The smallest absolute Gasteiger partial charge is 0.250 e. The van der Waals surface area contributed by atoms with Crippen LogP contribution in [0.15, 0.2) is 23.1 Å². The van der Waals surface area contributed by atoms with Crippen molar-refractivity contribution in [2.75, 3.05) is 19.0 Å². The van der Waals surface area contributed by atoms with Crippen LogP contribution >= 0.6 is 0 Å². The first-order valence-electron chi connectivity index (χ1n) is 6.28. The van der Waals surface area contributed by atoms with E-state index >= 15 is 0 Å². The van der Waals surface area contributed by atoms with Crippen molar-refractivity contribution in [1.82, 2.24) is 4.57 Å². The Bertz CT molecular complexity index is 468. The second-order valence-electron chi connectivity index (χ2n) is 4.51. The molecule has 0 saturated heterocycles. The summed E-state index contributed by atoms with van der Waals surface area (Å²) in [5.41, 5.74) is 6.08. The van der Waals surface area contributed by atoms with Crippen molar-refractivity contribution in [3.63, 3.8) is 0 Å². The van der Waals surface area contributed by atoms with Crippen molar-refractivity contribution in [1.29, 1.82) is 0 Å². The lowest BCUT2D eigenvalue weighted by atomic mass is 10.2. The Morgan fingerprint density at radius 1 is 1.53 bits per heavy atom. The first-order chi connectivity index (χ1) is 9.02.